The van der Waals surface area contributed by atoms with Crippen molar-refractivity contribution >= 4 is 33.9 Å². The normalized spacial score (nSPS) is 13.4. The van der Waals surface area contributed by atoms with Crippen LogP contribution in [0.4, 0.5) is 10.8 Å². The third-order valence-electron chi connectivity index (χ3n) is 5.84. The Balaban J connectivity index is 1.44. The highest BCUT2D eigenvalue weighted by molar-refractivity contribution is 7.98. The van der Waals surface area contributed by atoms with Crippen molar-refractivity contribution in [2.24, 2.45) is 0 Å². The number of hydrogen-bond donors (Lipinski definition) is 0. The van der Waals surface area contributed by atoms with Crippen LogP contribution in [0.25, 0.3) is 0 Å². The van der Waals surface area contributed by atoms with Crippen LogP contribution in [0, 0.1) is 0 Å². The first-order valence-corrected chi connectivity index (χ1v) is 12.9. The summed E-state index contributed by atoms with van der Waals surface area (Å²) in [6, 6.07) is 15.9. The van der Waals surface area contributed by atoms with Gasteiger partial charge in [-0.15, -0.1) is 23.1 Å². The van der Waals surface area contributed by atoms with Crippen molar-refractivity contribution in [1.82, 2.24) is 4.98 Å². The van der Waals surface area contributed by atoms with E-state index in [1.807, 2.05) is 11.3 Å². The van der Waals surface area contributed by atoms with Crippen LogP contribution < -0.4 is 9.80 Å². The highest BCUT2D eigenvalue weighted by Crippen LogP contribution is 2.31. The van der Waals surface area contributed by atoms with Gasteiger partial charge in [-0.2, -0.15) is 0 Å². The number of benzene rings is 2. The van der Waals surface area contributed by atoms with Crippen LogP contribution in [0.15, 0.2) is 53.6 Å². The number of thiazole rings is 1. The first kappa shape index (κ1) is 21.3. The van der Waals surface area contributed by atoms with Gasteiger partial charge in [-0.1, -0.05) is 31.5 Å². The van der Waals surface area contributed by atoms with Crippen LogP contribution in [0.2, 0.25) is 0 Å². The molecule has 1 aliphatic rings. The Morgan fingerprint density at radius 1 is 1.13 bits per heavy atom. The summed E-state index contributed by atoms with van der Waals surface area (Å²) < 4.78 is 0. The van der Waals surface area contributed by atoms with Crippen molar-refractivity contribution in [3.8, 4) is 0 Å². The molecule has 0 N–H and O–H groups in total. The maximum Gasteiger partial charge on any atom is 0.185 e. The fraction of sp³-hybridized carbons (Fsp3) is 0.400. The molecule has 4 rings (SSSR count). The molecule has 0 unspecified atom stereocenters. The molecule has 0 spiro atoms. The Morgan fingerprint density at radius 2 is 1.97 bits per heavy atom. The summed E-state index contributed by atoms with van der Waals surface area (Å²) >= 11 is 3.63. The van der Waals surface area contributed by atoms with Gasteiger partial charge in [-0.05, 0) is 60.1 Å². The molecule has 3 aromatic rings. The van der Waals surface area contributed by atoms with E-state index >= 15 is 0 Å². The van der Waals surface area contributed by atoms with E-state index in [0.29, 0.717) is 0 Å². The minimum absolute atomic E-state index is 0.958. The van der Waals surface area contributed by atoms with Crippen LogP contribution in [0.3, 0.4) is 0 Å². The molecule has 5 heteroatoms. The highest BCUT2D eigenvalue weighted by atomic mass is 32.2. The summed E-state index contributed by atoms with van der Waals surface area (Å²) in [5.74, 6) is 0. The van der Waals surface area contributed by atoms with E-state index in [2.05, 4.69) is 78.7 Å². The monoisotopic (exact) mass is 437 g/mol. The van der Waals surface area contributed by atoms with Crippen LogP contribution in [-0.4, -0.2) is 31.4 Å². The van der Waals surface area contributed by atoms with Gasteiger partial charge in [0.05, 0.1) is 0 Å². The Hall–Kier alpha value is -1.98. The standard InChI is InChI=1S/C25H31N3S2/c1-4-5-13-27(2)22-9-8-20-12-14-28(18-21(20)16-22)25-26-17-24(30-25)15-19-6-10-23(29-3)11-7-19/h6-11,16-17H,4-5,12-15,18H2,1-3H3. The SMILES string of the molecule is CCCCN(C)c1ccc2c(c1)CN(c1ncc(Cc3ccc(SC)cc3)s1)CC2. The minimum atomic E-state index is 0.958. The van der Waals surface area contributed by atoms with Gasteiger partial charge in [-0.25, -0.2) is 4.98 Å². The number of aromatic nitrogens is 1. The molecule has 0 saturated carbocycles. The smallest absolute Gasteiger partial charge is 0.185 e. The Kier molecular flexibility index (Phi) is 7.00. The summed E-state index contributed by atoms with van der Waals surface area (Å²) in [6.45, 7) is 5.38. The molecule has 2 heterocycles. The van der Waals surface area contributed by atoms with Crippen LogP contribution in [0.1, 0.15) is 41.3 Å². The van der Waals surface area contributed by atoms with Gasteiger partial charge in [0.15, 0.2) is 5.13 Å². The second-order valence-electron chi connectivity index (χ2n) is 8.03. The lowest BCUT2D eigenvalue weighted by Gasteiger charge is -2.30. The summed E-state index contributed by atoms with van der Waals surface area (Å²) in [7, 11) is 2.21. The molecule has 30 heavy (non-hydrogen) atoms. The van der Waals surface area contributed by atoms with Crippen molar-refractivity contribution in [1.29, 1.82) is 0 Å². The van der Waals surface area contributed by atoms with Gasteiger partial charge in [0.25, 0.3) is 0 Å². The minimum Gasteiger partial charge on any atom is -0.375 e. The number of rotatable bonds is 8. The molecule has 0 bridgehead atoms. The fourth-order valence-corrected chi connectivity index (χ4v) is 5.32. The maximum absolute atomic E-state index is 4.77. The van der Waals surface area contributed by atoms with Crippen LogP contribution in [-0.2, 0) is 19.4 Å². The molecule has 2 aromatic carbocycles. The largest absolute Gasteiger partial charge is 0.375 e. The lowest BCUT2D eigenvalue weighted by atomic mass is 9.99. The number of anilines is 2. The van der Waals surface area contributed by atoms with Gasteiger partial charge in [-0.3, -0.25) is 0 Å². The third-order valence-corrected chi connectivity index (χ3v) is 7.64. The molecular weight excluding hydrogens is 406 g/mol. The Bertz CT molecular complexity index is 965. The molecule has 1 aromatic heterocycles. The second kappa shape index (κ2) is 9.88. The van der Waals surface area contributed by atoms with E-state index in [0.717, 1.165) is 37.6 Å². The Morgan fingerprint density at radius 3 is 2.73 bits per heavy atom. The summed E-state index contributed by atoms with van der Waals surface area (Å²) in [5.41, 5.74) is 5.63. The van der Waals surface area contributed by atoms with Crippen molar-refractivity contribution in [3.05, 3.63) is 70.2 Å². The number of fused-ring (bicyclic) bond motifs is 1. The lowest BCUT2D eigenvalue weighted by molar-refractivity contribution is 0.725. The van der Waals surface area contributed by atoms with Gasteiger partial charge in [0.1, 0.15) is 0 Å². The molecular formula is C25H31N3S2. The van der Waals surface area contributed by atoms with Crippen molar-refractivity contribution in [3.63, 3.8) is 0 Å². The van der Waals surface area contributed by atoms with Gasteiger partial charge >= 0.3 is 0 Å². The molecule has 0 radical (unpaired) electrons. The highest BCUT2D eigenvalue weighted by Gasteiger charge is 2.20. The average molecular weight is 438 g/mol. The third kappa shape index (κ3) is 5.01. The number of nitrogens with zero attached hydrogens (tertiary/aromatic N) is 3. The predicted molar refractivity (Wildman–Crippen MR) is 133 cm³/mol. The predicted octanol–water partition coefficient (Wildman–Crippen LogP) is 6.25. The lowest BCUT2D eigenvalue weighted by Crippen LogP contribution is -2.30. The Labute approximate surface area is 189 Å². The number of thioether (sulfide) groups is 1. The molecule has 1 aliphatic heterocycles. The molecule has 0 aliphatic carbocycles. The van der Waals surface area contributed by atoms with Gasteiger partial charge in [0.2, 0.25) is 0 Å². The zero-order valence-electron chi connectivity index (χ0n) is 18.2. The zero-order valence-corrected chi connectivity index (χ0v) is 19.9. The van der Waals surface area contributed by atoms with E-state index in [-0.39, 0.29) is 0 Å². The second-order valence-corrected chi connectivity index (χ2v) is 10.0. The summed E-state index contributed by atoms with van der Waals surface area (Å²) in [5, 5.41) is 1.15. The number of unbranched alkanes of at least 4 members (excludes halogenated alkanes) is 1. The molecule has 0 atom stereocenters. The molecule has 158 valence electrons. The molecule has 3 nitrogen and oxygen atoms in total. The quantitative estimate of drug-likeness (QED) is 0.388. The van der Waals surface area contributed by atoms with E-state index < -0.39 is 0 Å². The van der Waals surface area contributed by atoms with E-state index in [9.17, 15) is 0 Å². The van der Waals surface area contributed by atoms with Crippen LogP contribution >= 0.6 is 23.1 Å². The summed E-state index contributed by atoms with van der Waals surface area (Å²) in [4.78, 5) is 12.2. The van der Waals surface area contributed by atoms with Crippen molar-refractivity contribution in [2.75, 3.05) is 36.2 Å². The maximum atomic E-state index is 4.77. The average Bonchev–Trinajstić information content (AvgIpc) is 3.25. The first-order chi connectivity index (χ1) is 14.7. The van der Waals surface area contributed by atoms with Crippen molar-refractivity contribution < 1.29 is 0 Å². The van der Waals surface area contributed by atoms with Crippen LogP contribution in [0.5, 0.6) is 0 Å². The topological polar surface area (TPSA) is 19.4 Å². The molecule has 0 amide bonds. The van der Waals surface area contributed by atoms with Gasteiger partial charge < -0.3 is 9.80 Å². The first-order valence-electron chi connectivity index (χ1n) is 10.8. The number of hydrogen-bond acceptors (Lipinski definition) is 5. The summed E-state index contributed by atoms with van der Waals surface area (Å²) in [6.07, 6.45) is 8.71. The fourth-order valence-electron chi connectivity index (χ4n) is 3.94. The molecule has 0 fully saturated rings. The zero-order chi connectivity index (χ0) is 20.9. The van der Waals surface area contributed by atoms with Crippen molar-refractivity contribution in [2.45, 2.75) is 44.0 Å². The van der Waals surface area contributed by atoms with E-state index in [1.54, 1.807) is 11.8 Å². The van der Waals surface area contributed by atoms with E-state index in [1.165, 1.54) is 45.0 Å². The molecule has 0 saturated heterocycles. The van der Waals surface area contributed by atoms with Gasteiger partial charge in [0, 0.05) is 54.8 Å². The van der Waals surface area contributed by atoms with E-state index in [4.69, 9.17) is 4.98 Å².